The molecule has 2 rings (SSSR count). The number of pyridine rings is 1. The molecular weight excluding hydrogens is 176 g/mol. The van der Waals surface area contributed by atoms with Gasteiger partial charge in [0.2, 0.25) is 0 Å². The Labute approximate surface area is 82.6 Å². The number of aryl methyl sites for hydroxylation is 1. The molecule has 0 bridgehead atoms. The lowest BCUT2D eigenvalue weighted by atomic mass is 10.2. The summed E-state index contributed by atoms with van der Waals surface area (Å²) in [5.41, 5.74) is 7.43. The van der Waals surface area contributed by atoms with Crippen molar-refractivity contribution in [2.75, 3.05) is 0 Å². The molecule has 0 unspecified atom stereocenters. The van der Waals surface area contributed by atoms with E-state index in [2.05, 4.69) is 4.98 Å². The van der Waals surface area contributed by atoms with E-state index in [4.69, 9.17) is 10.2 Å². The number of hydrogen-bond donors (Lipinski definition) is 1. The Morgan fingerprint density at radius 1 is 1.29 bits per heavy atom. The van der Waals surface area contributed by atoms with Gasteiger partial charge in [0.05, 0.1) is 6.54 Å². The van der Waals surface area contributed by atoms with E-state index in [1.165, 1.54) is 0 Å². The van der Waals surface area contributed by atoms with Crippen LogP contribution in [0, 0.1) is 6.92 Å². The van der Waals surface area contributed by atoms with Crippen LogP contribution < -0.4 is 5.73 Å². The molecule has 0 spiro atoms. The predicted octanol–water partition coefficient (Wildman–Crippen LogP) is 2.11. The highest BCUT2D eigenvalue weighted by Gasteiger charge is 2.03. The van der Waals surface area contributed by atoms with Crippen LogP contribution in [-0.4, -0.2) is 4.98 Å². The SMILES string of the molecule is Cc1ccc(-c2ccc(CN)o2)nc1. The summed E-state index contributed by atoms with van der Waals surface area (Å²) in [4.78, 5) is 4.26. The molecule has 0 saturated heterocycles. The monoisotopic (exact) mass is 188 g/mol. The number of furan rings is 1. The molecular formula is C11H12N2O. The molecule has 2 aromatic heterocycles. The van der Waals surface area contributed by atoms with Crippen molar-refractivity contribution in [1.82, 2.24) is 4.98 Å². The molecule has 0 fully saturated rings. The van der Waals surface area contributed by atoms with Gasteiger partial charge >= 0.3 is 0 Å². The lowest BCUT2D eigenvalue weighted by Gasteiger charge is -1.96. The van der Waals surface area contributed by atoms with Crippen LogP contribution in [0.25, 0.3) is 11.5 Å². The predicted molar refractivity (Wildman–Crippen MR) is 54.6 cm³/mol. The van der Waals surface area contributed by atoms with Gasteiger partial charge in [-0.05, 0) is 30.7 Å². The summed E-state index contributed by atoms with van der Waals surface area (Å²) in [6.07, 6.45) is 1.82. The Kier molecular flexibility index (Phi) is 2.33. The molecule has 0 aliphatic carbocycles. The summed E-state index contributed by atoms with van der Waals surface area (Å²) in [6.45, 7) is 2.43. The van der Waals surface area contributed by atoms with Gasteiger partial charge in [-0.25, -0.2) is 0 Å². The van der Waals surface area contributed by atoms with E-state index in [1.807, 2.05) is 37.4 Å². The summed E-state index contributed by atoms with van der Waals surface area (Å²) < 4.78 is 5.47. The molecule has 0 saturated carbocycles. The smallest absolute Gasteiger partial charge is 0.152 e. The van der Waals surface area contributed by atoms with Crippen LogP contribution in [0.2, 0.25) is 0 Å². The molecule has 2 N–H and O–H groups in total. The Balaban J connectivity index is 2.34. The number of nitrogens with zero attached hydrogens (tertiary/aromatic N) is 1. The van der Waals surface area contributed by atoms with Crippen LogP contribution >= 0.6 is 0 Å². The normalized spacial score (nSPS) is 10.4. The van der Waals surface area contributed by atoms with Crippen molar-refractivity contribution in [2.24, 2.45) is 5.73 Å². The van der Waals surface area contributed by atoms with Crippen molar-refractivity contribution in [3.8, 4) is 11.5 Å². The van der Waals surface area contributed by atoms with Crippen LogP contribution in [0.5, 0.6) is 0 Å². The fourth-order valence-corrected chi connectivity index (χ4v) is 1.24. The van der Waals surface area contributed by atoms with Gasteiger partial charge in [0.15, 0.2) is 5.76 Å². The van der Waals surface area contributed by atoms with Crippen molar-refractivity contribution < 1.29 is 4.42 Å². The summed E-state index contributed by atoms with van der Waals surface area (Å²) in [7, 11) is 0. The summed E-state index contributed by atoms with van der Waals surface area (Å²) in [5, 5.41) is 0. The standard InChI is InChI=1S/C11H12N2O/c1-8-2-4-10(13-7-8)11-5-3-9(6-12)14-11/h2-5,7H,6,12H2,1H3. The minimum atomic E-state index is 0.422. The van der Waals surface area contributed by atoms with Gasteiger partial charge in [-0.2, -0.15) is 0 Å². The zero-order valence-corrected chi connectivity index (χ0v) is 8.03. The van der Waals surface area contributed by atoms with Crippen molar-refractivity contribution in [1.29, 1.82) is 0 Å². The lowest BCUT2D eigenvalue weighted by molar-refractivity contribution is 0.523. The molecule has 14 heavy (non-hydrogen) atoms. The van der Waals surface area contributed by atoms with E-state index in [0.717, 1.165) is 22.8 Å². The van der Waals surface area contributed by atoms with Gasteiger partial charge in [0.25, 0.3) is 0 Å². The molecule has 0 atom stereocenters. The first-order chi connectivity index (χ1) is 6.79. The molecule has 0 aromatic carbocycles. The van der Waals surface area contributed by atoms with E-state index < -0.39 is 0 Å². The minimum Gasteiger partial charge on any atom is -0.458 e. The number of nitrogens with two attached hydrogens (primary N) is 1. The zero-order valence-electron chi connectivity index (χ0n) is 8.03. The number of hydrogen-bond acceptors (Lipinski definition) is 3. The first-order valence-electron chi connectivity index (χ1n) is 4.51. The van der Waals surface area contributed by atoms with Crippen LogP contribution in [0.3, 0.4) is 0 Å². The highest BCUT2D eigenvalue weighted by atomic mass is 16.3. The highest BCUT2D eigenvalue weighted by Crippen LogP contribution is 2.19. The van der Waals surface area contributed by atoms with Crippen LogP contribution in [0.1, 0.15) is 11.3 Å². The van der Waals surface area contributed by atoms with E-state index in [0.29, 0.717) is 6.54 Å². The Bertz CT molecular complexity index is 417. The fraction of sp³-hybridized carbons (Fsp3) is 0.182. The van der Waals surface area contributed by atoms with Crippen molar-refractivity contribution >= 4 is 0 Å². The summed E-state index contributed by atoms with van der Waals surface area (Å²) >= 11 is 0. The van der Waals surface area contributed by atoms with Crippen LogP contribution in [-0.2, 0) is 6.54 Å². The zero-order chi connectivity index (χ0) is 9.97. The Hall–Kier alpha value is -1.61. The topological polar surface area (TPSA) is 52.0 Å². The molecule has 2 aromatic rings. The third-order valence-corrected chi connectivity index (χ3v) is 2.03. The third kappa shape index (κ3) is 1.67. The molecule has 0 radical (unpaired) electrons. The molecule has 72 valence electrons. The lowest BCUT2D eigenvalue weighted by Crippen LogP contribution is -1.92. The molecule has 0 aliphatic heterocycles. The van der Waals surface area contributed by atoms with E-state index in [9.17, 15) is 0 Å². The Morgan fingerprint density at radius 2 is 2.14 bits per heavy atom. The van der Waals surface area contributed by atoms with Crippen molar-refractivity contribution in [2.45, 2.75) is 13.5 Å². The maximum Gasteiger partial charge on any atom is 0.152 e. The third-order valence-electron chi connectivity index (χ3n) is 2.03. The van der Waals surface area contributed by atoms with Crippen molar-refractivity contribution in [3.05, 3.63) is 41.8 Å². The second-order valence-corrected chi connectivity index (χ2v) is 3.19. The largest absolute Gasteiger partial charge is 0.458 e. The fourth-order valence-electron chi connectivity index (χ4n) is 1.24. The van der Waals surface area contributed by atoms with E-state index in [-0.39, 0.29) is 0 Å². The first kappa shape index (κ1) is 8.97. The van der Waals surface area contributed by atoms with Crippen LogP contribution in [0.4, 0.5) is 0 Å². The Morgan fingerprint density at radius 3 is 2.71 bits per heavy atom. The average molecular weight is 188 g/mol. The summed E-state index contributed by atoms with van der Waals surface area (Å²) in [5.74, 6) is 1.55. The van der Waals surface area contributed by atoms with E-state index >= 15 is 0 Å². The second-order valence-electron chi connectivity index (χ2n) is 3.19. The van der Waals surface area contributed by atoms with Gasteiger partial charge in [-0.15, -0.1) is 0 Å². The van der Waals surface area contributed by atoms with Gasteiger partial charge in [-0.1, -0.05) is 6.07 Å². The quantitative estimate of drug-likeness (QED) is 0.785. The number of aromatic nitrogens is 1. The van der Waals surface area contributed by atoms with Gasteiger partial charge in [0, 0.05) is 6.20 Å². The van der Waals surface area contributed by atoms with E-state index in [1.54, 1.807) is 0 Å². The number of rotatable bonds is 2. The van der Waals surface area contributed by atoms with Crippen molar-refractivity contribution in [3.63, 3.8) is 0 Å². The minimum absolute atomic E-state index is 0.422. The molecule has 2 heterocycles. The molecule has 3 heteroatoms. The molecule has 0 amide bonds. The van der Waals surface area contributed by atoms with Gasteiger partial charge < -0.3 is 10.2 Å². The van der Waals surface area contributed by atoms with Crippen LogP contribution in [0.15, 0.2) is 34.9 Å². The maximum absolute atomic E-state index is 5.47. The average Bonchev–Trinajstić information content (AvgIpc) is 2.67. The van der Waals surface area contributed by atoms with Gasteiger partial charge in [-0.3, -0.25) is 4.98 Å². The highest BCUT2D eigenvalue weighted by molar-refractivity contribution is 5.52. The maximum atomic E-state index is 5.47. The molecule has 0 aliphatic rings. The first-order valence-corrected chi connectivity index (χ1v) is 4.51. The summed E-state index contributed by atoms with van der Waals surface area (Å²) in [6, 6.07) is 7.71. The molecule has 3 nitrogen and oxygen atoms in total. The van der Waals surface area contributed by atoms with Gasteiger partial charge in [0.1, 0.15) is 11.5 Å². The second kappa shape index (κ2) is 3.64.